The predicted molar refractivity (Wildman–Crippen MR) is 83.4 cm³/mol. The first-order valence-corrected chi connectivity index (χ1v) is 6.66. The normalized spacial score (nSPS) is 10.5. The molecule has 0 aliphatic heterocycles. The second-order valence-corrected chi connectivity index (χ2v) is 4.87. The van der Waals surface area contributed by atoms with Gasteiger partial charge in [0.15, 0.2) is 0 Å². The van der Waals surface area contributed by atoms with Gasteiger partial charge in [0.05, 0.1) is 19.9 Å². The van der Waals surface area contributed by atoms with Crippen LogP contribution in [-0.2, 0) is 0 Å². The fourth-order valence-electron chi connectivity index (χ4n) is 2.11. The Bertz CT molecular complexity index is 629. The summed E-state index contributed by atoms with van der Waals surface area (Å²) in [5.41, 5.74) is 7.62. The van der Waals surface area contributed by atoms with Gasteiger partial charge in [0.2, 0.25) is 0 Å². The molecule has 3 N–H and O–H groups in total. The molecule has 6 heteroatoms. The summed E-state index contributed by atoms with van der Waals surface area (Å²) in [5.74, 6) is 2.76. The Balaban J connectivity index is 2.41. The highest BCUT2D eigenvalue weighted by Gasteiger charge is 2.14. The third kappa shape index (κ3) is 3.16. The van der Waals surface area contributed by atoms with Crippen molar-refractivity contribution < 1.29 is 9.47 Å². The number of nitrogen functional groups attached to an aromatic ring is 1. The first-order valence-electron chi connectivity index (χ1n) is 6.66. The topological polar surface area (TPSA) is 82.3 Å². The average molecular weight is 288 g/mol. The number of anilines is 3. The maximum absolute atomic E-state index is 5.95. The van der Waals surface area contributed by atoms with Crippen molar-refractivity contribution in [3.05, 3.63) is 30.1 Å². The van der Waals surface area contributed by atoms with Gasteiger partial charge >= 0.3 is 0 Å². The number of nitrogens with two attached hydrogens (primary N) is 1. The quantitative estimate of drug-likeness (QED) is 0.880. The molecule has 112 valence electrons. The largest absolute Gasteiger partial charge is 0.497 e. The van der Waals surface area contributed by atoms with Crippen LogP contribution in [0.4, 0.5) is 17.3 Å². The number of rotatable bonds is 5. The Morgan fingerprint density at radius 3 is 2.52 bits per heavy atom. The van der Waals surface area contributed by atoms with Gasteiger partial charge in [-0.05, 0) is 18.1 Å². The number of ether oxygens (including phenoxy) is 2. The van der Waals surface area contributed by atoms with Crippen LogP contribution in [0.15, 0.2) is 24.5 Å². The highest BCUT2D eigenvalue weighted by atomic mass is 16.5. The molecule has 21 heavy (non-hydrogen) atoms. The minimum Gasteiger partial charge on any atom is -0.497 e. The lowest BCUT2D eigenvalue weighted by atomic mass is 10.0. The molecule has 0 spiro atoms. The summed E-state index contributed by atoms with van der Waals surface area (Å²) >= 11 is 0. The number of nitrogens with zero attached hydrogens (tertiary/aromatic N) is 2. The van der Waals surface area contributed by atoms with E-state index in [9.17, 15) is 0 Å². The van der Waals surface area contributed by atoms with Gasteiger partial charge < -0.3 is 20.5 Å². The zero-order valence-electron chi connectivity index (χ0n) is 12.7. The summed E-state index contributed by atoms with van der Waals surface area (Å²) in [6.07, 6.45) is 1.44. The third-order valence-electron chi connectivity index (χ3n) is 3.15. The van der Waals surface area contributed by atoms with Gasteiger partial charge in [0.1, 0.15) is 29.5 Å². The lowest BCUT2D eigenvalue weighted by Crippen LogP contribution is -2.07. The van der Waals surface area contributed by atoms with Crippen LogP contribution >= 0.6 is 0 Å². The molecule has 0 radical (unpaired) electrons. The van der Waals surface area contributed by atoms with E-state index in [1.807, 2.05) is 32.0 Å². The maximum atomic E-state index is 5.95. The van der Waals surface area contributed by atoms with E-state index in [-0.39, 0.29) is 5.92 Å². The molecule has 0 aliphatic carbocycles. The molecule has 6 nitrogen and oxygen atoms in total. The lowest BCUT2D eigenvalue weighted by molar-refractivity contribution is 0.395. The van der Waals surface area contributed by atoms with Crippen molar-refractivity contribution in [2.24, 2.45) is 0 Å². The van der Waals surface area contributed by atoms with Gasteiger partial charge in [-0.3, -0.25) is 0 Å². The molecule has 0 bridgehead atoms. The van der Waals surface area contributed by atoms with Crippen LogP contribution in [0.25, 0.3) is 0 Å². The first kappa shape index (κ1) is 14.9. The van der Waals surface area contributed by atoms with E-state index in [2.05, 4.69) is 15.3 Å². The number of hydrogen-bond acceptors (Lipinski definition) is 6. The molecule has 0 saturated carbocycles. The molecule has 0 aliphatic rings. The van der Waals surface area contributed by atoms with Crippen molar-refractivity contribution in [1.82, 2.24) is 9.97 Å². The highest BCUT2D eigenvalue weighted by Crippen LogP contribution is 2.34. The van der Waals surface area contributed by atoms with E-state index in [4.69, 9.17) is 15.2 Å². The van der Waals surface area contributed by atoms with Gasteiger partial charge in [-0.2, -0.15) is 0 Å². The molecule has 2 rings (SSSR count). The number of aromatic nitrogens is 2. The first-order chi connectivity index (χ1) is 10.1. The van der Waals surface area contributed by atoms with Crippen molar-refractivity contribution in [2.75, 3.05) is 25.3 Å². The predicted octanol–water partition coefficient (Wildman–Crippen LogP) is 2.94. The van der Waals surface area contributed by atoms with Crippen molar-refractivity contribution in [3.8, 4) is 11.5 Å². The van der Waals surface area contributed by atoms with Crippen LogP contribution in [-0.4, -0.2) is 24.2 Å². The summed E-state index contributed by atoms with van der Waals surface area (Å²) < 4.78 is 10.6. The SMILES string of the molecule is COc1ccc(Nc2ncnc(N)c2C(C)C)c(OC)c1. The molecular formula is C15H20N4O2. The fourth-order valence-corrected chi connectivity index (χ4v) is 2.11. The minimum absolute atomic E-state index is 0.206. The van der Waals surface area contributed by atoms with Gasteiger partial charge in [0, 0.05) is 11.6 Å². The molecule has 1 aromatic heterocycles. The summed E-state index contributed by atoms with van der Waals surface area (Å²) in [6.45, 7) is 4.09. The smallest absolute Gasteiger partial charge is 0.146 e. The fraction of sp³-hybridized carbons (Fsp3) is 0.333. The Morgan fingerprint density at radius 1 is 1.14 bits per heavy atom. The van der Waals surface area contributed by atoms with Crippen LogP contribution in [0.2, 0.25) is 0 Å². The average Bonchev–Trinajstić information content (AvgIpc) is 2.47. The monoisotopic (exact) mass is 288 g/mol. The van der Waals surface area contributed by atoms with Crippen LogP contribution in [0.5, 0.6) is 11.5 Å². The van der Waals surface area contributed by atoms with Crippen molar-refractivity contribution >= 4 is 17.3 Å². The van der Waals surface area contributed by atoms with E-state index in [1.165, 1.54) is 6.33 Å². The summed E-state index contributed by atoms with van der Waals surface area (Å²) in [6, 6.07) is 5.53. The van der Waals surface area contributed by atoms with E-state index in [0.717, 1.165) is 17.0 Å². The van der Waals surface area contributed by atoms with E-state index in [1.54, 1.807) is 14.2 Å². The van der Waals surface area contributed by atoms with Crippen molar-refractivity contribution in [1.29, 1.82) is 0 Å². The van der Waals surface area contributed by atoms with Gasteiger partial charge in [-0.15, -0.1) is 0 Å². The molecular weight excluding hydrogens is 268 g/mol. The molecule has 0 unspecified atom stereocenters. The molecule has 1 aromatic carbocycles. The summed E-state index contributed by atoms with van der Waals surface area (Å²) in [4.78, 5) is 8.33. The number of methoxy groups -OCH3 is 2. The van der Waals surface area contributed by atoms with Gasteiger partial charge in [-0.1, -0.05) is 13.8 Å². The molecule has 2 aromatic rings. The van der Waals surface area contributed by atoms with E-state index in [0.29, 0.717) is 17.4 Å². The molecule has 1 heterocycles. The lowest BCUT2D eigenvalue weighted by Gasteiger charge is -2.17. The second kappa shape index (κ2) is 6.30. The third-order valence-corrected chi connectivity index (χ3v) is 3.15. The number of hydrogen-bond donors (Lipinski definition) is 2. The standard InChI is InChI=1S/C15H20N4O2/c1-9(2)13-14(16)17-8-18-15(13)19-11-6-5-10(20-3)7-12(11)21-4/h5-9H,1-4H3,(H3,16,17,18,19). The van der Waals surface area contributed by atoms with Crippen LogP contribution in [0.3, 0.4) is 0 Å². The number of benzene rings is 1. The Kier molecular flexibility index (Phi) is 4.47. The minimum atomic E-state index is 0.206. The summed E-state index contributed by atoms with van der Waals surface area (Å²) in [5, 5.41) is 3.25. The molecule has 0 atom stereocenters. The number of nitrogens with one attached hydrogen (secondary N) is 1. The van der Waals surface area contributed by atoms with Crippen molar-refractivity contribution in [2.45, 2.75) is 19.8 Å². The zero-order chi connectivity index (χ0) is 15.4. The Hall–Kier alpha value is -2.50. The van der Waals surface area contributed by atoms with Gasteiger partial charge in [0.25, 0.3) is 0 Å². The van der Waals surface area contributed by atoms with Crippen molar-refractivity contribution in [3.63, 3.8) is 0 Å². The van der Waals surface area contributed by atoms with Crippen LogP contribution in [0, 0.1) is 0 Å². The van der Waals surface area contributed by atoms with Crippen LogP contribution < -0.4 is 20.5 Å². The molecule has 0 saturated heterocycles. The highest BCUT2D eigenvalue weighted by molar-refractivity contribution is 5.70. The summed E-state index contributed by atoms with van der Waals surface area (Å²) in [7, 11) is 3.22. The second-order valence-electron chi connectivity index (χ2n) is 4.87. The Labute approximate surface area is 124 Å². The maximum Gasteiger partial charge on any atom is 0.146 e. The Morgan fingerprint density at radius 2 is 1.90 bits per heavy atom. The zero-order valence-corrected chi connectivity index (χ0v) is 12.7. The van der Waals surface area contributed by atoms with E-state index < -0.39 is 0 Å². The van der Waals surface area contributed by atoms with E-state index >= 15 is 0 Å². The van der Waals surface area contributed by atoms with Crippen LogP contribution in [0.1, 0.15) is 25.3 Å². The van der Waals surface area contributed by atoms with Gasteiger partial charge in [-0.25, -0.2) is 9.97 Å². The molecule has 0 fully saturated rings. The molecule has 0 amide bonds.